The van der Waals surface area contributed by atoms with Crippen LogP contribution in [0.5, 0.6) is 0 Å². The Kier molecular flexibility index (Phi) is 9.32. The summed E-state index contributed by atoms with van der Waals surface area (Å²) in [7, 11) is 0. The van der Waals surface area contributed by atoms with Crippen molar-refractivity contribution in [2.24, 2.45) is 0 Å². The maximum atomic E-state index is 13.8. The van der Waals surface area contributed by atoms with Gasteiger partial charge in [0.1, 0.15) is 6.04 Å². The number of amides is 2. The topological polar surface area (TPSA) is 101 Å². The number of carbonyl (C=O) groups is 2. The first-order chi connectivity index (χ1) is 18.7. The lowest BCUT2D eigenvalue weighted by Gasteiger charge is -2.24. The zero-order chi connectivity index (χ0) is 27.9. The molecule has 0 radical (unpaired) electrons. The van der Waals surface area contributed by atoms with Crippen molar-refractivity contribution in [1.29, 1.82) is 0 Å². The summed E-state index contributed by atoms with van der Waals surface area (Å²) in [5.74, 6) is -1.45. The molecule has 2 amide bonds. The summed E-state index contributed by atoms with van der Waals surface area (Å²) in [6, 6.07) is 27.2. The van der Waals surface area contributed by atoms with Crippen LogP contribution in [0.4, 0.5) is 11.4 Å². The Bertz CT molecular complexity index is 1440. The van der Waals surface area contributed by atoms with Crippen molar-refractivity contribution in [2.75, 3.05) is 5.32 Å². The molecule has 0 spiro atoms. The molecule has 0 aliphatic carbocycles. The van der Waals surface area contributed by atoms with Crippen LogP contribution in [0.1, 0.15) is 28.2 Å². The van der Waals surface area contributed by atoms with E-state index in [2.05, 4.69) is 33.2 Å². The van der Waals surface area contributed by atoms with Crippen LogP contribution in [0.25, 0.3) is 0 Å². The van der Waals surface area contributed by atoms with Gasteiger partial charge in [-0.05, 0) is 63.9 Å². The molecule has 0 heterocycles. The van der Waals surface area contributed by atoms with Gasteiger partial charge in [0.05, 0.1) is 21.6 Å². The average Bonchev–Trinajstić information content (AvgIpc) is 2.94. The minimum absolute atomic E-state index is 0.0573. The molecule has 1 atom stereocenters. The Labute approximate surface area is 244 Å². The number of hydrogen-bond acceptors (Lipinski definition) is 4. The van der Waals surface area contributed by atoms with Gasteiger partial charge in [-0.3, -0.25) is 19.7 Å². The number of benzene rings is 4. The van der Waals surface area contributed by atoms with Crippen molar-refractivity contribution >= 4 is 57.4 Å². The zero-order valence-electron chi connectivity index (χ0n) is 20.9. The number of nitro benzene ring substituents is 1. The molecule has 2 N–H and O–H groups in total. The highest BCUT2D eigenvalue weighted by molar-refractivity contribution is 14.1. The van der Waals surface area contributed by atoms with E-state index in [9.17, 15) is 19.7 Å². The normalized spacial score (nSPS) is 11.6. The molecular weight excluding hydrogens is 629 g/mol. The number of nitrogens with zero attached hydrogens (tertiary/aromatic N) is 1. The molecule has 0 aliphatic heterocycles. The number of nitro groups is 1. The van der Waals surface area contributed by atoms with Crippen LogP contribution in [-0.4, -0.2) is 22.8 Å². The molecule has 198 valence electrons. The van der Waals surface area contributed by atoms with E-state index in [0.717, 1.165) is 20.3 Å². The van der Waals surface area contributed by atoms with Crippen LogP contribution in [0.2, 0.25) is 5.02 Å². The molecule has 7 nitrogen and oxygen atoms in total. The fourth-order valence-corrected chi connectivity index (χ4v) is 5.04. The van der Waals surface area contributed by atoms with Crippen molar-refractivity contribution < 1.29 is 14.5 Å². The third-order valence-corrected chi connectivity index (χ3v) is 7.98. The van der Waals surface area contributed by atoms with Crippen LogP contribution in [0.15, 0.2) is 97.1 Å². The van der Waals surface area contributed by atoms with Crippen molar-refractivity contribution in [3.8, 4) is 0 Å². The Morgan fingerprint density at radius 3 is 1.97 bits per heavy atom. The monoisotopic (exact) mass is 653 g/mol. The first kappa shape index (κ1) is 28.3. The summed E-state index contributed by atoms with van der Waals surface area (Å²) in [6.45, 7) is 1.86. The minimum atomic E-state index is -0.982. The predicted molar refractivity (Wildman–Crippen MR) is 161 cm³/mol. The number of anilines is 1. The van der Waals surface area contributed by atoms with Gasteiger partial charge in [0.2, 0.25) is 11.8 Å². The van der Waals surface area contributed by atoms with E-state index in [0.29, 0.717) is 16.3 Å². The maximum Gasteiger partial charge on any atom is 0.269 e. The van der Waals surface area contributed by atoms with E-state index in [4.69, 9.17) is 11.6 Å². The number of carbonyl (C=O) groups excluding carboxylic acids is 2. The molecule has 0 unspecified atom stereocenters. The highest BCUT2D eigenvalue weighted by Crippen LogP contribution is 2.30. The van der Waals surface area contributed by atoms with Gasteiger partial charge in [-0.15, -0.1) is 0 Å². The summed E-state index contributed by atoms with van der Waals surface area (Å²) >= 11 is 8.67. The van der Waals surface area contributed by atoms with Gasteiger partial charge in [0, 0.05) is 22.1 Å². The summed E-state index contributed by atoms with van der Waals surface area (Å²) < 4.78 is 0.958. The second-order valence-corrected chi connectivity index (χ2v) is 10.5. The van der Waals surface area contributed by atoms with Crippen molar-refractivity contribution in [3.63, 3.8) is 0 Å². The van der Waals surface area contributed by atoms with Gasteiger partial charge in [-0.1, -0.05) is 84.4 Å². The van der Waals surface area contributed by atoms with E-state index < -0.39 is 22.8 Å². The van der Waals surface area contributed by atoms with Gasteiger partial charge >= 0.3 is 0 Å². The average molecular weight is 654 g/mol. The summed E-state index contributed by atoms with van der Waals surface area (Å²) in [6.07, 6.45) is 0.118. The second kappa shape index (κ2) is 12.9. The molecule has 0 aromatic heterocycles. The summed E-state index contributed by atoms with van der Waals surface area (Å²) in [4.78, 5) is 38.0. The molecule has 0 bridgehead atoms. The second-order valence-electron chi connectivity index (χ2n) is 8.97. The number of hydrogen-bond donors (Lipinski definition) is 2. The van der Waals surface area contributed by atoms with Crippen molar-refractivity contribution in [3.05, 3.63) is 138 Å². The third-order valence-electron chi connectivity index (χ3n) is 6.33. The predicted octanol–water partition coefficient (Wildman–Crippen LogP) is 6.66. The lowest BCUT2D eigenvalue weighted by Crippen LogP contribution is -2.47. The van der Waals surface area contributed by atoms with Gasteiger partial charge in [0.15, 0.2) is 0 Å². The van der Waals surface area contributed by atoms with E-state index >= 15 is 0 Å². The van der Waals surface area contributed by atoms with E-state index in [1.807, 2.05) is 73.7 Å². The summed E-state index contributed by atoms with van der Waals surface area (Å²) in [5.41, 5.74) is 3.43. The molecule has 9 heteroatoms. The number of halogens is 2. The number of rotatable bonds is 9. The van der Waals surface area contributed by atoms with Gasteiger partial charge < -0.3 is 10.6 Å². The maximum absolute atomic E-state index is 13.8. The minimum Gasteiger partial charge on any atom is -0.343 e. The highest BCUT2D eigenvalue weighted by atomic mass is 127. The highest BCUT2D eigenvalue weighted by Gasteiger charge is 2.29. The number of nitrogens with one attached hydrogen (secondary N) is 2. The van der Waals surface area contributed by atoms with Gasteiger partial charge in [0.25, 0.3) is 5.69 Å². The van der Waals surface area contributed by atoms with E-state index in [1.54, 1.807) is 18.2 Å². The number of non-ortho nitro benzene ring substituents is 1. The van der Waals surface area contributed by atoms with E-state index in [-0.39, 0.29) is 18.0 Å². The smallest absolute Gasteiger partial charge is 0.269 e. The third kappa shape index (κ3) is 7.01. The molecule has 0 fully saturated rings. The Morgan fingerprint density at radius 2 is 1.44 bits per heavy atom. The quantitative estimate of drug-likeness (QED) is 0.120. The lowest BCUT2D eigenvalue weighted by atomic mass is 9.90. The molecule has 4 rings (SSSR count). The van der Waals surface area contributed by atoms with Crippen LogP contribution in [0, 0.1) is 20.6 Å². The first-order valence-corrected chi connectivity index (χ1v) is 13.6. The standard InChI is InChI=1S/C30H25ClIN3O4/c1-19-24(32)16-17-25(28(19)31)33-29(36)26(18-20-12-14-23(15-13-20)35(38)39)34-30(37)27(21-8-4-2-5-9-21)22-10-6-3-7-11-22/h2-17,26-27H,18H2,1H3,(H,33,36)(H,34,37)/t26-/m1/s1. The molecular formula is C30H25ClIN3O4. The van der Waals surface area contributed by atoms with Crippen LogP contribution in [0.3, 0.4) is 0 Å². The van der Waals surface area contributed by atoms with Crippen molar-refractivity contribution in [2.45, 2.75) is 25.3 Å². The van der Waals surface area contributed by atoms with Crippen molar-refractivity contribution in [1.82, 2.24) is 5.32 Å². The van der Waals surface area contributed by atoms with Gasteiger partial charge in [-0.2, -0.15) is 0 Å². The Morgan fingerprint density at radius 1 is 0.872 bits per heavy atom. The van der Waals surface area contributed by atoms with Crippen LogP contribution < -0.4 is 10.6 Å². The molecule has 0 saturated heterocycles. The Hall–Kier alpha value is -3.76. The first-order valence-electron chi connectivity index (χ1n) is 12.1. The molecule has 0 saturated carbocycles. The van der Waals surface area contributed by atoms with Gasteiger partial charge in [-0.25, -0.2) is 0 Å². The largest absolute Gasteiger partial charge is 0.343 e. The fourth-order valence-electron chi connectivity index (χ4n) is 4.22. The molecule has 4 aromatic rings. The van der Waals surface area contributed by atoms with E-state index in [1.165, 1.54) is 12.1 Å². The zero-order valence-corrected chi connectivity index (χ0v) is 23.8. The molecule has 39 heavy (non-hydrogen) atoms. The Balaban J connectivity index is 1.66. The SMILES string of the molecule is Cc1c(I)ccc(NC(=O)[C@@H](Cc2ccc([N+](=O)[O-])cc2)NC(=O)C(c2ccccc2)c2ccccc2)c1Cl. The lowest BCUT2D eigenvalue weighted by molar-refractivity contribution is -0.384. The molecule has 0 aliphatic rings. The fraction of sp³-hybridized carbons (Fsp3) is 0.133. The van der Waals surface area contributed by atoms with Crippen LogP contribution in [-0.2, 0) is 16.0 Å². The van der Waals surface area contributed by atoms with Crippen LogP contribution >= 0.6 is 34.2 Å². The molecule has 4 aromatic carbocycles. The summed E-state index contributed by atoms with van der Waals surface area (Å²) in [5, 5.41) is 17.3.